The molecule has 0 aromatic rings. The molecule has 1 N–H and O–H groups in total. The number of rotatable bonds is 6. The van der Waals surface area contributed by atoms with Crippen LogP contribution in [-0.2, 0) is 0 Å². The zero-order chi connectivity index (χ0) is 12.4. The molecule has 1 nitrogen and oxygen atoms in total. The van der Waals surface area contributed by atoms with Crippen LogP contribution in [-0.4, -0.2) is 34.8 Å². The first-order valence-electron chi connectivity index (χ1n) is 6.44. The standard InChI is InChI=1S/C8H17.C4H9.C2H6O.Mg/c1-3-5-7-8-6-4-2;1-3-4-2;1-2-3;/h1,3-8H2,2H3;1,3-4H2,2H3;3H,2H2,1H3;/q2*-1;;+2. The molecule has 0 rings (SSSR count). The van der Waals surface area contributed by atoms with Gasteiger partial charge in [0, 0.05) is 6.61 Å². The molecule has 0 spiro atoms. The normalized spacial score (nSPS) is 7.88. The fraction of sp³-hybridized carbons (Fsp3) is 0.857. The molecule has 0 aromatic heterocycles. The Bertz CT molecular complexity index is 59.8. The van der Waals surface area contributed by atoms with Crippen LogP contribution in [0.2, 0.25) is 0 Å². The van der Waals surface area contributed by atoms with E-state index in [1.807, 2.05) is 0 Å². The molecule has 0 amide bonds. The van der Waals surface area contributed by atoms with Crippen LogP contribution in [0.5, 0.6) is 0 Å². The Morgan fingerprint density at radius 2 is 1.12 bits per heavy atom. The Morgan fingerprint density at radius 1 is 0.750 bits per heavy atom. The number of hydrogen-bond acceptors (Lipinski definition) is 1. The molecule has 0 heterocycles. The summed E-state index contributed by atoms with van der Waals surface area (Å²) in [7, 11) is 0. The summed E-state index contributed by atoms with van der Waals surface area (Å²) in [5.74, 6) is 0. The number of hydrogen-bond donors (Lipinski definition) is 1. The average Bonchev–Trinajstić information content (AvgIpc) is 2.26. The van der Waals surface area contributed by atoms with Crippen molar-refractivity contribution in [2.75, 3.05) is 6.61 Å². The van der Waals surface area contributed by atoms with Crippen LogP contribution < -0.4 is 0 Å². The molecule has 96 valence electrons. The van der Waals surface area contributed by atoms with Gasteiger partial charge in [-0.2, -0.15) is 12.8 Å². The van der Waals surface area contributed by atoms with Crippen LogP contribution in [0.25, 0.3) is 0 Å². The molecular formula is C14H32MgO. The maximum atomic E-state index is 7.57. The Balaban J connectivity index is -0.0000000767. The van der Waals surface area contributed by atoms with Crippen molar-refractivity contribution >= 4 is 23.1 Å². The van der Waals surface area contributed by atoms with E-state index in [1.165, 1.54) is 38.5 Å². The third kappa shape index (κ3) is 61.3. The van der Waals surface area contributed by atoms with Gasteiger partial charge >= 0.3 is 23.1 Å². The third-order valence-corrected chi connectivity index (χ3v) is 1.71. The van der Waals surface area contributed by atoms with Crippen LogP contribution in [0, 0.1) is 13.8 Å². The molecule has 0 unspecified atom stereocenters. The summed E-state index contributed by atoms with van der Waals surface area (Å²) in [4.78, 5) is 0. The third-order valence-electron chi connectivity index (χ3n) is 1.71. The largest absolute Gasteiger partial charge is 2.00 e. The quantitative estimate of drug-likeness (QED) is 0.414. The van der Waals surface area contributed by atoms with Gasteiger partial charge in [-0.15, -0.1) is 0 Å². The van der Waals surface area contributed by atoms with Crippen LogP contribution in [0.1, 0.15) is 72.1 Å². The molecular weight excluding hydrogens is 208 g/mol. The van der Waals surface area contributed by atoms with E-state index in [0.717, 1.165) is 12.8 Å². The predicted octanol–water partition coefficient (Wildman–Crippen LogP) is 4.42. The van der Waals surface area contributed by atoms with Crippen molar-refractivity contribution < 1.29 is 5.11 Å². The zero-order valence-corrected chi connectivity index (χ0v) is 13.3. The van der Waals surface area contributed by atoms with Gasteiger partial charge in [0.15, 0.2) is 0 Å². The SMILES string of the molecule is CCO.[CH2-]CCC.[CH2-]CCCCCCC.[Mg+2]. The van der Waals surface area contributed by atoms with E-state index < -0.39 is 0 Å². The van der Waals surface area contributed by atoms with Gasteiger partial charge < -0.3 is 19.0 Å². The Hall–Kier alpha value is 0.726. The average molecular weight is 241 g/mol. The van der Waals surface area contributed by atoms with Crippen molar-refractivity contribution in [3.05, 3.63) is 13.8 Å². The van der Waals surface area contributed by atoms with Crippen LogP contribution in [0.4, 0.5) is 0 Å². The van der Waals surface area contributed by atoms with Gasteiger partial charge in [-0.25, -0.2) is 0 Å². The summed E-state index contributed by atoms with van der Waals surface area (Å²) in [6.45, 7) is 13.7. The number of aliphatic hydroxyl groups is 1. The van der Waals surface area contributed by atoms with E-state index in [2.05, 4.69) is 27.7 Å². The zero-order valence-electron chi connectivity index (χ0n) is 11.9. The van der Waals surface area contributed by atoms with E-state index in [9.17, 15) is 0 Å². The summed E-state index contributed by atoms with van der Waals surface area (Å²) < 4.78 is 0. The van der Waals surface area contributed by atoms with E-state index >= 15 is 0 Å². The molecule has 0 aliphatic heterocycles. The van der Waals surface area contributed by atoms with Crippen molar-refractivity contribution in [3.63, 3.8) is 0 Å². The minimum atomic E-state index is 0. The summed E-state index contributed by atoms with van der Waals surface area (Å²) in [5.41, 5.74) is 0. The van der Waals surface area contributed by atoms with Crippen LogP contribution in [0.3, 0.4) is 0 Å². The summed E-state index contributed by atoms with van der Waals surface area (Å²) in [6, 6.07) is 0. The van der Waals surface area contributed by atoms with Crippen LogP contribution in [0.15, 0.2) is 0 Å². The number of aliphatic hydroxyl groups excluding tert-OH is 1. The Morgan fingerprint density at radius 3 is 1.38 bits per heavy atom. The summed E-state index contributed by atoms with van der Waals surface area (Å²) >= 11 is 0. The molecule has 16 heavy (non-hydrogen) atoms. The molecule has 0 fully saturated rings. The van der Waals surface area contributed by atoms with Crippen molar-refractivity contribution in [1.82, 2.24) is 0 Å². The van der Waals surface area contributed by atoms with E-state index in [1.54, 1.807) is 6.92 Å². The first-order chi connectivity index (χ1) is 7.24. The van der Waals surface area contributed by atoms with Gasteiger partial charge in [0.05, 0.1) is 0 Å². The minimum absolute atomic E-state index is 0. The van der Waals surface area contributed by atoms with Gasteiger partial charge in [-0.3, -0.25) is 0 Å². The maximum Gasteiger partial charge on any atom is 2.00 e. The molecule has 0 aliphatic rings. The van der Waals surface area contributed by atoms with Crippen molar-refractivity contribution in [3.8, 4) is 0 Å². The molecule has 0 aliphatic carbocycles. The van der Waals surface area contributed by atoms with Crippen molar-refractivity contribution in [2.45, 2.75) is 72.1 Å². The first-order valence-corrected chi connectivity index (χ1v) is 6.44. The second kappa shape index (κ2) is 36.1. The predicted molar refractivity (Wildman–Crippen MR) is 77.5 cm³/mol. The Kier molecular flexibility index (Phi) is 57.6. The molecule has 2 heteroatoms. The molecule has 0 radical (unpaired) electrons. The van der Waals surface area contributed by atoms with Gasteiger partial charge in [-0.05, 0) is 6.92 Å². The Labute approximate surface area is 121 Å². The second-order valence-corrected chi connectivity index (χ2v) is 3.44. The van der Waals surface area contributed by atoms with Gasteiger partial charge in [-0.1, -0.05) is 52.4 Å². The summed E-state index contributed by atoms with van der Waals surface area (Å²) in [5, 5.41) is 7.57. The monoisotopic (exact) mass is 240 g/mol. The fourth-order valence-electron chi connectivity index (χ4n) is 0.780. The van der Waals surface area contributed by atoms with Crippen molar-refractivity contribution in [2.24, 2.45) is 0 Å². The van der Waals surface area contributed by atoms with Gasteiger partial charge in [0.25, 0.3) is 0 Å². The molecule has 0 atom stereocenters. The molecule has 0 bridgehead atoms. The van der Waals surface area contributed by atoms with Gasteiger partial charge in [0.2, 0.25) is 0 Å². The second-order valence-electron chi connectivity index (χ2n) is 3.44. The smallest absolute Gasteiger partial charge is 0.397 e. The topological polar surface area (TPSA) is 20.2 Å². The fourth-order valence-corrected chi connectivity index (χ4v) is 0.780. The maximum absolute atomic E-state index is 7.57. The van der Waals surface area contributed by atoms with E-state index in [4.69, 9.17) is 5.11 Å². The van der Waals surface area contributed by atoms with E-state index in [-0.39, 0.29) is 29.7 Å². The minimum Gasteiger partial charge on any atom is -0.397 e. The number of unbranched alkanes of at least 4 members (excludes halogenated alkanes) is 6. The van der Waals surface area contributed by atoms with Crippen LogP contribution >= 0.6 is 0 Å². The van der Waals surface area contributed by atoms with Crippen molar-refractivity contribution in [1.29, 1.82) is 0 Å². The van der Waals surface area contributed by atoms with E-state index in [0.29, 0.717) is 0 Å². The molecule has 0 saturated heterocycles. The molecule has 0 aromatic carbocycles. The van der Waals surface area contributed by atoms with Gasteiger partial charge in [0.1, 0.15) is 0 Å². The summed E-state index contributed by atoms with van der Waals surface area (Å²) in [6.07, 6.45) is 10.3. The molecule has 0 saturated carbocycles. The first kappa shape index (κ1) is 25.5.